The summed E-state index contributed by atoms with van der Waals surface area (Å²) >= 11 is 5.87. The van der Waals surface area contributed by atoms with Crippen LogP contribution in [0.15, 0.2) is 0 Å². The van der Waals surface area contributed by atoms with Gasteiger partial charge in [-0.3, -0.25) is 0 Å². The van der Waals surface area contributed by atoms with Crippen LogP contribution in [0.5, 0.6) is 0 Å². The smallest absolute Gasteiger partial charge is 0.166 e. The van der Waals surface area contributed by atoms with E-state index < -0.39 is 0 Å². The van der Waals surface area contributed by atoms with Crippen molar-refractivity contribution in [3.8, 4) is 0 Å². The van der Waals surface area contributed by atoms with Crippen molar-refractivity contribution in [3.63, 3.8) is 0 Å². The topological polar surface area (TPSA) is 24.1 Å². The summed E-state index contributed by atoms with van der Waals surface area (Å²) in [7, 11) is 0. The number of nitrogens with one attached hydrogen (secondary N) is 2. The van der Waals surface area contributed by atoms with Gasteiger partial charge in [-0.1, -0.05) is 0 Å². The largest absolute Gasteiger partial charge is 0.359 e. The molecule has 2 N–H and O–H groups in total. The van der Waals surface area contributed by atoms with E-state index in [1.165, 1.54) is 70.6 Å². The molecule has 0 unspecified atom stereocenters. The average molecular weight is 345 g/mol. The average Bonchev–Trinajstić information content (AvgIpc) is 2.48. The van der Waals surface area contributed by atoms with Crippen LogP contribution >= 0.6 is 12.2 Å². The molecular weight excluding hydrogens is 312 g/mol. The lowest BCUT2D eigenvalue weighted by molar-refractivity contribution is -0.0152. The second-order valence-electron chi connectivity index (χ2n) is 10.8. The molecule has 0 aliphatic heterocycles. The Hall–Kier alpha value is -0.310. The minimum absolute atomic E-state index is 0.366. The van der Waals surface area contributed by atoms with E-state index >= 15 is 0 Å². The zero-order valence-electron chi connectivity index (χ0n) is 14.8. The molecule has 0 heterocycles. The Morgan fingerprint density at radius 1 is 0.667 bits per heavy atom. The maximum absolute atomic E-state index is 5.87. The molecule has 0 aromatic rings. The molecule has 8 bridgehead atoms. The number of thiocarbonyl (C=S) groups is 1. The van der Waals surface area contributed by atoms with Gasteiger partial charge in [-0.2, -0.15) is 0 Å². The van der Waals surface area contributed by atoms with E-state index in [1.807, 2.05) is 0 Å². The fourth-order valence-corrected chi connectivity index (χ4v) is 9.21. The molecule has 0 spiro atoms. The maximum Gasteiger partial charge on any atom is 0.166 e. The van der Waals surface area contributed by atoms with Crippen molar-refractivity contribution in [2.75, 3.05) is 0 Å². The lowest BCUT2D eigenvalue weighted by Gasteiger charge is -2.58. The number of hydrogen-bond donors (Lipinski definition) is 2. The minimum Gasteiger partial charge on any atom is -0.359 e. The summed E-state index contributed by atoms with van der Waals surface area (Å²) in [5.41, 5.74) is 0.366. The Bertz CT molecular complexity index is 493. The number of hydrogen-bond acceptors (Lipinski definition) is 1. The van der Waals surface area contributed by atoms with Gasteiger partial charge in [0.1, 0.15) is 0 Å². The molecule has 8 rings (SSSR count). The monoisotopic (exact) mass is 344 g/mol. The van der Waals surface area contributed by atoms with Crippen molar-refractivity contribution in [1.82, 2.24) is 10.6 Å². The van der Waals surface area contributed by atoms with Gasteiger partial charge < -0.3 is 10.6 Å². The molecule has 0 atom stereocenters. The molecular formula is C21H32N2S. The molecule has 3 heteroatoms. The minimum atomic E-state index is 0.366. The van der Waals surface area contributed by atoms with E-state index in [4.69, 9.17) is 12.2 Å². The summed E-state index contributed by atoms with van der Waals surface area (Å²) in [5, 5.41) is 8.77. The highest BCUT2D eigenvalue weighted by Crippen LogP contribution is 2.56. The molecule has 0 radical (unpaired) electrons. The maximum atomic E-state index is 5.87. The molecule has 0 aromatic carbocycles. The Balaban J connectivity index is 1.14. The van der Waals surface area contributed by atoms with E-state index in [0.29, 0.717) is 11.6 Å². The van der Waals surface area contributed by atoms with Crippen molar-refractivity contribution in [1.29, 1.82) is 0 Å². The molecule has 0 saturated heterocycles. The van der Waals surface area contributed by atoms with Crippen LogP contribution in [-0.2, 0) is 0 Å². The van der Waals surface area contributed by atoms with Crippen molar-refractivity contribution >= 4 is 17.3 Å². The van der Waals surface area contributed by atoms with Crippen LogP contribution in [-0.4, -0.2) is 16.7 Å². The predicted octanol–water partition coefficient (Wildman–Crippen LogP) is 4.24. The van der Waals surface area contributed by atoms with Gasteiger partial charge in [-0.05, 0) is 124 Å². The van der Waals surface area contributed by atoms with Crippen molar-refractivity contribution in [3.05, 3.63) is 0 Å². The van der Waals surface area contributed by atoms with Gasteiger partial charge in [-0.15, -0.1) is 0 Å². The van der Waals surface area contributed by atoms with Crippen molar-refractivity contribution in [2.24, 2.45) is 41.4 Å². The first kappa shape index (κ1) is 14.8. The fraction of sp³-hybridized carbons (Fsp3) is 0.952. The molecule has 0 amide bonds. The van der Waals surface area contributed by atoms with Gasteiger partial charge in [0, 0.05) is 11.6 Å². The summed E-state index contributed by atoms with van der Waals surface area (Å²) in [6.07, 6.45) is 16.2. The third kappa shape index (κ3) is 2.29. The van der Waals surface area contributed by atoms with E-state index in [2.05, 4.69) is 10.6 Å². The van der Waals surface area contributed by atoms with E-state index in [9.17, 15) is 0 Å². The standard InChI is InChI=1S/C21H32N2S/c24-20(22-19-17-5-12-1-13(7-17)8-18(19)6-12)23-21-9-14-2-15(10-21)4-16(3-14)11-21/h12-19H,1-11H2,(H2,22,23,24). The van der Waals surface area contributed by atoms with Gasteiger partial charge in [0.15, 0.2) is 5.11 Å². The van der Waals surface area contributed by atoms with Gasteiger partial charge in [0.05, 0.1) is 0 Å². The van der Waals surface area contributed by atoms with Gasteiger partial charge in [-0.25, -0.2) is 0 Å². The molecule has 132 valence electrons. The van der Waals surface area contributed by atoms with Crippen LogP contribution in [0.2, 0.25) is 0 Å². The van der Waals surface area contributed by atoms with E-state index in [0.717, 1.165) is 46.5 Å². The number of rotatable bonds is 2. The first-order valence-electron chi connectivity index (χ1n) is 10.7. The Labute approximate surface area is 151 Å². The quantitative estimate of drug-likeness (QED) is 0.733. The van der Waals surface area contributed by atoms with E-state index in [-0.39, 0.29) is 0 Å². The summed E-state index contributed by atoms with van der Waals surface area (Å²) in [6, 6.07) is 0.687. The summed E-state index contributed by atoms with van der Waals surface area (Å²) < 4.78 is 0. The second-order valence-corrected chi connectivity index (χ2v) is 11.2. The molecule has 8 aliphatic rings. The first-order chi connectivity index (χ1) is 11.6. The fourth-order valence-electron chi connectivity index (χ4n) is 8.85. The highest BCUT2D eigenvalue weighted by Gasteiger charge is 2.52. The van der Waals surface area contributed by atoms with Crippen LogP contribution in [0, 0.1) is 41.4 Å². The molecule has 8 fully saturated rings. The van der Waals surface area contributed by atoms with Gasteiger partial charge >= 0.3 is 0 Å². The molecule has 8 aliphatic carbocycles. The Morgan fingerprint density at radius 2 is 1.12 bits per heavy atom. The summed E-state index contributed by atoms with van der Waals surface area (Å²) in [4.78, 5) is 0. The summed E-state index contributed by atoms with van der Waals surface area (Å²) in [6.45, 7) is 0. The lowest BCUT2D eigenvalue weighted by Crippen LogP contribution is -2.64. The zero-order valence-corrected chi connectivity index (χ0v) is 15.6. The molecule has 8 saturated carbocycles. The Morgan fingerprint density at radius 3 is 1.62 bits per heavy atom. The molecule has 24 heavy (non-hydrogen) atoms. The normalized spacial score (nSPS) is 56.5. The molecule has 2 nitrogen and oxygen atoms in total. The summed E-state index contributed by atoms with van der Waals surface area (Å²) in [5.74, 6) is 6.91. The van der Waals surface area contributed by atoms with Crippen molar-refractivity contribution < 1.29 is 0 Å². The first-order valence-corrected chi connectivity index (χ1v) is 11.1. The van der Waals surface area contributed by atoms with Gasteiger partial charge in [0.2, 0.25) is 0 Å². The van der Waals surface area contributed by atoms with Crippen LogP contribution in [0.3, 0.4) is 0 Å². The molecule has 0 aromatic heterocycles. The second kappa shape index (κ2) is 5.11. The van der Waals surface area contributed by atoms with E-state index in [1.54, 1.807) is 0 Å². The third-order valence-corrected chi connectivity index (χ3v) is 9.16. The Kier molecular flexibility index (Phi) is 3.16. The zero-order chi connectivity index (χ0) is 15.9. The predicted molar refractivity (Wildman–Crippen MR) is 101 cm³/mol. The highest BCUT2D eigenvalue weighted by atomic mass is 32.1. The van der Waals surface area contributed by atoms with Crippen molar-refractivity contribution in [2.45, 2.75) is 82.2 Å². The van der Waals surface area contributed by atoms with Crippen LogP contribution in [0.4, 0.5) is 0 Å². The third-order valence-electron chi connectivity index (χ3n) is 8.94. The van der Waals surface area contributed by atoms with Gasteiger partial charge in [0.25, 0.3) is 0 Å². The SMILES string of the molecule is S=C(NC1C2CC3CC(C2)CC1C3)NC12CC3CC(CC(C3)C1)C2. The van der Waals surface area contributed by atoms with Crippen LogP contribution < -0.4 is 10.6 Å². The highest BCUT2D eigenvalue weighted by molar-refractivity contribution is 7.80. The lowest BCUT2D eigenvalue weighted by atomic mass is 9.53. The van der Waals surface area contributed by atoms with Crippen LogP contribution in [0.25, 0.3) is 0 Å². The van der Waals surface area contributed by atoms with Crippen LogP contribution in [0.1, 0.15) is 70.6 Å².